The first-order valence-electron chi connectivity index (χ1n) is 9.19. The average molecular weight is 404 g/mol. The number of fused-ring (bicyclic) bond motifs is 1. The topological polar surface area (TPSA) is 60.5 Å². The summed E-state index contributed by atoms with van der Waals surface area (Å²) in [5.41, 5.74) is 3.17. The lowest BCUT2D eigenvalue weighted by atomic mass is 10.1. The highest BCUT2D eigenvalue weighted by Crippen LogP contribution is 2.27. The molecule has 146 valence electrons. The van der Waals surface area contributed by atoms with Crippen LogP contribution in [0.3, 0.4) is 0 Å². The van der Waals surface area contributed by atoms with E-state index >= 15 is 0 Å². The van der Waals surface area contributed by atoms with Gasteiger partial charge >= 0.3 is 0 Å². The van der Waals surface area contributed by atoms with Gasteiger partial charge in [-0.3, -0.25) is 10.1 Å². The number of hydrogen-bond acceptors (Lipinski definition) is 5. The molecule has 0 unspecified atom stereocenters. The van der Waals surface area contributed by atoms with E-state index in [4.69, 9.17) is 9.47 Å². The lowest BCUT2D eigenvalue weighted by molar-refractivity contribution is -0.118. The Labute approximate surface area is 172 Å². The van der Waals surface area contributed by atoms with Crippen molar-refractivity contribution in [2.45, 2.75) is 13.8 Å². The molecule has 29 heavy (non-hydrogen) atoms. The van der Waals surface area contributed by atoms with Gasteiger partial charge in [0.2, 0.25) is 0 Å². The van der Waals surface area contributed by atoms with Crippen LogP contribution in [-0.4, -0.2) is 17.5 Å². The summed E-state index contributed by atoms with van der Waals surface area (Å²) in [6.07, 6.45) is 0. The maximum atomic E-state index is 12.1. The Bertz CT molecular complexity index is 1100. The number of ether oxygens (including phenoxy) is 2. The van der Waals surface area contributed by atoms with Crippen molar-refractivity contribution in [3.05, 3.63) is 77.9 Å². The minimum absolute atomic E-state index is 0.0901. The molecule has 0 aliphatic rings. The second-order valence-electron chi connectivity index (χ2n) is 6.72. The summed E-state index contributed by atoms with van der Waals surface area (Å²) in [5.74, 6) is 1.85. The van der Waals surface area contributed by atoms with Crippen LogP contribution in [0.4, 0.5) is 5.13 Å². The predicted octanol–water partition coefficient (Wildman–Crippen LogP) is 5.72. The Balaban J connectivity index is 1.32. The molecule has 3 aromatic carbocycles. The van der Waals surface area contributed by atoms with Gasteiger partial charge in [0.05, 0.1) is 10.2 Å². The number of aromatic nitrogens is 1. The number of nitrogens with one attached hydrogen (secondary N) is 1. The zero-order valence-electron chi connectivity index (χ0n) is 16.1. The van der Waals surface area contributed by atoms with Crippen molar-refractivity contribution in [2.24, 2.45) is 0 Å². The second-order valence-corrected chi connectivity index (χ2v) is 7.75. The van der Waals surface area contributed by atoms with Crippen molar-refractivity contribution in [3.8, 4) is 17.2 Å². The highest BCUT2D eigenvalue weighted by Gasteiger charge is 2.08. The quantitative estimate of drug-likeness (QED) is 0.446. The molecule has 1 N–H and O–H groups in total. The number of benzene rings is 3. The number of rotatable bonds is 6. The summed E-state index contributed by atoms with van der Waals surface area (Å²) in [6, 6.07) is 21.0. The zero-order chi connectivity index (χ0) is 20.2. The Morgan fingerprint density at radius 1 is 0.931 bits per heavy atom. The number of hydrogen-bond donors (Lipinski definition) is 1. The Morgan fingerprint density at radius 2 is 1.62 bits per heavy atom. The summed E-state index contributed by atoms with van der Waals surface area (Å²) in [6.45, 7) is 3.99. The largest absolute Gasteiger partial charge is 0.484 e. The van der Waals surface area contributed by atoms with E-state index in [1.54, 1.807) is 12.1 Å². The first-order chi connectivity index (χ1) is 14.0. The predicted molar refractivity (Wildman–Crippen MR) is 116 cm³/mol. The minimum atomic E-state index is -0.250. The monoisotopic (exact) mass is 404 g/mol. The smallest absolute Gasteiger partial charge is 0.264 e. The number of amides is 1. The number of thiazole rings is 1. The van der Waals surface area contributed by atoms with Crippen LogP contribution in [0.1, 0.15) is 11.1 Å². The molecule has 0 spiro atoms. The van der Waals surface area contributed by atoms with Crippen LogP contribution in [0.15, 0.2) is 66.7 Å². The summed E-state index contributed by atoms with van der Waals surface area (Å²) < 4.78 is 12.5. The van der Waals surface area contributed by atoms with Crippen LogP contribution in [0, 0.1) is 13.8 Å². The number of carbonyl (C=O) groups excluding carboxylic acids is 1. The number of anilines is 1. The molecule has 0 saturated heterocycles. The molecule has 0 aliphatic carbocycles. The van der Waals surface area contributed by atoms with Crippen LogP contribution < -0.4 is 14.8 Å². The zero-order valence-corrected chi connectivity index (χ0v) is 17.0. The maximum Gasteiger partial charge on any atom is 0.264 e. The van der Waals surface area contributed by atoms with Crippen molar-refractivity contribution in [1.82, 2.24) is 4.98 Å². The van der Waals surface area contributed by atoms with E-state index in [9.17, 15) is 4.79 Å². The Kier molecular flexibility index (Phi) is 5.44. The van der Waals surface area contributed by atoms with Gasteiger partial charge in [0.25, 0.3) is 5.91 Å². The van der Waals surface area contributed by atoms with Crippen LogP contribution in [0.2, 0.25) is 0 Å². The fraction of sp³-hybridized carbons (Fsp3) is 0.130. The molecule has 0 aliphatic heterocycles. The van der Waals surface area contributed by atoms with Crippen molar-refractivity contribution in [1.29, 1.82) is 0 Å². The highest BCUT2D eigenvalue weighted by molar-refractivity contribution is 7.22. The van der Waals surface area contributed by atoms with E-state index in [0.29, 0.717) is 16.6 Å². The van der Waals surface area contributed by atoms with Crippen molar-refractivity contribution < 1.29 is 14.3 Å². The molecule has 4 aromatic rings. The molecule has 0 saturated carbocycles. The fourth-order valence-electron chi connectivity index (χ4n) is 2.96. The summed E-state index contributed by atoms with van der Waals surface area (Å²) >= 11 is 1.44. The molecule has 5 nitrogen and oxygen atoms in total. The second kappa shape index (κ2) is 8.32. The maximum absolute atomic E-state index is 12.1. The van der Waals surface area contributed by atoms with Gasteiger partial charge in [-0.1, -0.05) is 29.5 Å². The van der Waals surface area contributed by atoms with Crippen LogP contribution >= 0.6 is 11.3 Å². The van der Waals surface area contributed by atoms with Crippen LogP contribution in [-0.2, 0) is 4.79 Å². The number of para-hydroxylation sites is 1. The van der Waals surface area contributed by atoms with Crippen molar-refractivity contribution >= 4 is 32.6 Å². The molecule has 0 atom stereocenters. The average Bonchev–Trinajstić information content (AvgIpc) is 3.09. The van der Waals surface area contributed by atoms with E-state index in [1.165, 1.54) is 11.3 Å². The van der Waals surface area contributed by atoms with E-state index in [-0.39, 0.29) is 12.5 Å². The van der Waals surface area contributed by atoms with Crippen molar-refractivity contribution in [3.63, 3.8) is 0 Å². The van der Waals surface area contributed by atoms with Gasteiger partial charge in [-0.05, 0) is 73.5 Å². The van der Waals surface area contributed by atoms with Gasteiger partial charge in [0.1, 0.15) is 17.2 Å². The van der Waals surface area contributed by atoms with E-state index in [1.807, 2.05) is 62.4 Å². The molecule has 0 radical (unpaired) electrons. The summed E-state index contributed by atoms with van der Waals surface area (Å²) in [7, 11) is 0. The molecule has 1 aromatic heterocycles. The minimum Gasteiger partial charge on any atom is -0.484 e. The van der Waals surface area contributed by atoms with Crippen LogP contribution in [0.5, 0.6) is 17.2 Å². The lowest BCUT2D eigenvalue weighted by Gasteiger charge is -2.09. The number of nitrogens with zero attached hydrogens (tertiary/aromatic N) is 1. The molecule has 4 rings (SSSR count). The molecular formula is C23H20N2O3S. The Hall–Kier alpha value is -3.38. The third-order valence-corrected chi connectivity index (χ3v) is 5.12. The van der Waals surface area contributed by atoms with E-state index < -0.39 is 0 Å². The highest BCUT2D eigenvalue weighted by atomic mass is 32.1. The number of aryl methyl sites for hydroxylation is 2. The van der Waals surface area contributed by atoms with Crippen molar-refractivity contribution in [2.75, 3.05) is 11.9 Å². The summed E-state index contributed by atoms with van der Waals surface area (Å²) in [4.78, 5) is 16.5. The standard InChI is InChI=1S/C23H20N2O3S/c1-15-11-16(2)13-19(12-15)28-18-9-7-17(8-10-18)27-14-22(26)25-23-24-20-5-3-4-6-21(20)29-23/h3-13H,14H2,1-2H3,(H,24,25,26). The lowest BCUT2D eigenvalue weighted by Crippen LogP contribution is -2.19. The normalized spacial score (nSPS) is 10.7. The molecule has 0 fully saturated rings. The number of carbonyl (C=O) groups is 1. The fourth-order valence-corrected chi connectivity index (χ4v) is 3.84. The Morgan fingerprint density at radius 3 is 2.34 bits per heavy atom. The first-order valence-corrected chi connectivity index (χ1v) is 10.0. The van der Waals surface area contributed by atoms with Gasteiger partial charge in [-0.15, -0.1) is 0 Å². The molecular weight excluding hydrogens is 384 g/mol. The molecule has 1 heterocycles. The van der Waals surface area contributed by atoms with Gasteiger partial charge in [-0.2, -0.15) is 0 Å². The molecule has 0 bridgehead atoms. The van der Waals surface area contributed by atoms with E-state index in [0.717, 1.165) is 27.1 Å². The summed E-state index contributed by atoms with van der Waals surface area (Å²) in [5, 5.41) is 3.34. The van der Waals surface area contributed by atoms with Gasteiger partial charge in [-0.25, -0.2) is 4.98 Å². The third kappa shape index (κ3) is 4.92. The van der Waals surface area contributed by atoms with Gasteiger partial charge < -0.3 is 9.47 Å². The van der Waals surface area contributed by atoms with Crippen LogP contribution in [0.25, 0.3) is 10.2 Å². The van der Waals surface area contributed by atoms with Gasteiger partial charge in [0.15, 0.2) is 11.7 Å². The molecule has 1 amide bonds. The first kappa shape index (κ1) is 19.0. The third-order valence-electron chi connectivity index (χ3n) is 4.16. The van der Waals surface area contributed by atoms with E-state index in [2.05, 4.69) is 16.4 Å². The molecule has 6 heteroatoms. The van der Waals surface area contributed by atoms with Gasteiger partial charge in [0, 0.05) is 0 Å². The SMILES string of the molecule is Cc1cc(C)cc(Oc2ccc(OCC(=O)Nc3nc4ccccc4s3)cc2)c1.